The van der Waals surface area contributed by atoms with Gasteiger partial charge in [0, 0.05) is 42.2 Å². The molecule has 5 atom stereocenters. The predicted molar refractivity (Wildman–Crippen MR) is 189 cm³/mol. The number of alkyl carbamates (subject to hydrolysis) is 1. The predicted octanol–water partition coefficient (Wildman–Crippen LogP) is 5.11. The van der Waals surface area contributed by atoms with Crippen LogP contribution in [0.5, 0.6) is 5.75 Å². The molecular formula is C39H44N4O8. The number of nitrogens with one attached hydrogen (secondary N) is 2. The Balaban J connectivity index is 1.35. The summed E-state index contributed by atoms with van der Waals surface area (Å²) in [5, 5.41) is 16.3. The molecule has 3 heterocycles. The van der Waals surface area contributed by atoms with Gasteiger partial charge < -0.3 is 30.1 Å². The van der Waals surface area contributed by atoms with E-state index in [1.165, 1.54) is 4.90 Å². The highest BCUT2D eigenvalue weighted by atomic mass is 16.6. The van der Waals surface area contributed by atoms with Crippen molar-refractivity contribution in [1.29, 1.82) is 0 Å². The van der Waals surface area contributed by atoms with Crippen molar-refractivity contribution >= 4 is 40.6 Å². The Labute approximate surface area is 296 Å². The van der Waals surface area contributed by atoms with Gasteiger partial charge in [0.05, 0.1) is 17.8 Å². The standard InChI is InChI=1S/C39H44N4O8/c1-23-14-16-28-31(18-23)40-30(24-10-6-5-7-11-24)20-33(28)50-27-19-32-34(45)42-39(36(47)48)21-25(39)12-8-9-13-26(44)15-17-29(35(46)43(32)22-27)41-37(49)51-38(2,3)4/h5-8,10-12,14,16,18,20,25,27,29,32H,9,13,15,17,19,21-22H2,1-4H3,(H,41,49)(H,42,45)(H,47,48)/b12-8-/t25?,27?,29-,32-,39+/m0/s1. The summed E-state index contributed by atoms with van der Waals surface area (Å²) in [6, 6.07) is 15.0. The van der Waals surface area contributed by atoms with Gasteiger partial charge >= 0.3 is 12.1 Å². The summed E-state index contributed by atoms with van der Waals surface area (Å²) in [6.07, 6.45) is 2.81. The van der Waals surface area contributed by atoms with Crippen LogP contribution in [0.25, 0.3) is 22.2 Å². The number of amides is 3. The monoisotopic (exact) mass is 696 g/mol. The molecule has 6 rings (SSSR count). The van der Waals surface area contributed by atoms with Gasteiger partial charge in [0.15, 0.2) is 0 Å². The normalized spacial score (nSPS) is 26.2. The number of carboxylic acids is 1. The fourth-order valence-corrected chi connectivity index (χ4v) is 6.82. The minimum Gasteiger partial charge on any atom is -0.488 e. The molecular weight excluding hydrogens is 652 g/mol. The van der Waals surface area contributed by atoms with Crippen molar-refractivity contribution in [1.82, 2.24) is 20.5 Å². The number of aliphatic carboxylic acids is 1. The van der Waals surface area contributed by atoms with E-state index in [2.05, 4.69) is 10.6 Å². The quantitative estimate of drug-likeness (QED) is 0.308. The maximum absolute atomic E-state index is 14.4. The third-order valence-corrected chi connectivity index (χ3v) is 9.54. The third kappa shape index (κ3) is 8.05. The Morgan fingerprint density at radius 1 is 1.06 bits per heavy atom. The first-order valence-electron chi connectivity index (χ1n) is 17.4. The van der Waals surface area contributed by atoms with E-state index in [1.807, 2.05) is 61.5 Å². The molecule has 0 radical (unpaired) electrons. The lowest BCUT2D eigenvalue weighted by Gasteiger charge is -2.30. The van der Waals surface area contributed by atoms with Crippen molar-refractivity contribution in [2.45, 2.75) is 95.5 Å². The number of aryl methyl sites for hydroxylation is 1. The smallest absolute Gasteiger partial charge is 0.408 e. The van der Waals surface area contributed by atoms with Gasteiger partial charge in [-0.3, -0.25) is 14.4 Å². The summed E-state index contributed by atoms with van der Waals surface area (Å²) >= 11 is 0. The number of carbonyl (C=O) groups excluding carboxylic acids is 4. The molecule has 1 saturated carbocycles. The SMILES string of the molecule is Cc1ccc2c(OC3C[C@H]4C(=O)N[C@]5(C(=O)O)CC5/C=C\CCC(=O)CC[C@H](NC(=O)OC(C)(C)C)C(=O)N4C3)cc(-c3ccccc3)nc2c1. The van der Waals surface area contributed by atoms with Crippen molar-refractivity contribution in [3.05, 3.63) is 72.3 Å². The van der Waals surface area contributed by atoms with E-state index in [1.54, 1.807) is 32.9 Å². The van der Waals surface area contributed by atoms with E-state index < -0.39 is 59.1 Å². The number of hydrogen-bond donors (Lipinski definition) is 3. The van der Waals surface area contributed by atoms with Gasteiger partial charge in [-0.1, -0.05) is 48.6 Å². The maximum atomic E-state index is 14.4. The van der Waals surface area contributed by atoms with Gasteiger partial charge in [0.25, 0.3) is 0 Å². The zero-order chi connectivity index (χ0) is 36.5. The Morgan fingerprint density at radius 3 is 2.55 bits per heavy atom. The maximum Gasteiger partial charge on any atom is 0.408 e. The highest BCUT2D eigenvalue weighted by Crippen LogP contribution is 2.45. The number of hydrogen-bond acceptors (Lipinski definition) is 8. The second-order valence-corrected chi connectivity index (χ2v) is 14.7. The third-order valence-electron chi connectivity index (χ3n) is 9.54. The van der Waals surface area contributed by atoms with Gasteiger partial charge in [-0.2, -0.15) is 0 Å². The molecule has 2 unspecified atom stereocenters. The van der Waals surface area contributed by atoms with Gasteiger partial charge in [0.2, 0.25) is 11.8 Å². The van der Waals surface area contributed by atoms with Gasteiger partial charge in [-0.05, 0) is 64.7 Å². The number of ether oxygens (including phenoxy) is 2. The molecule has 3 N–H and O–H groups in total. The molecule has 0 spiro atoms. The lowest BCUT2D eigenvalue weighted by atomic mass is 10.0. The molecule has 1 aromatic heterocycles. The fourth-order valence-electron chi connectivity index (χ4n) is 6.82. The topological polar surface area (TPSA) is 164 Å². The Morgan fingerprint density at radius 2 is 1.82 bits per heavy atom. The second kappa shape index (κ2) is 14.2. The van der Waals surface area contributed by atoms with Crippen molar-refractivity contribution in [3.63, 3.8) is 0 Å². The number of rotatable bonds is 5. The van der Waals surface area contributed by atoms with Crippen molar-refractivity contribution in [3.8, 4) is 17.0 Å². The molecule has 12 heteroatoms. The first kappa shape index (κ1) is 35.6. The second-order valence-electron chi connectivity index (χ2n) is 14.7. The number of carbonyl (C=O) groups is 5. The summed E-state index contributed by atoms with van der Waals surface area (Å²) in [5.41, 5.74) is 0.937. The molecule has 268 valence electrons. The number of benzene rings is 2. The number of pyridine rings is 1. The summed E-state index contributed by atoms with van der Waals surface area (Å²) < 4.78 is 12.1. The van der Waals surface area contributed by atoms with E-state index >= 15 is 0 Å². The van der Waals surface area contributed by atoms with E-state index in [9.17, 15) is 29.1 Å². The molecule has 1 saturated heterocycles. The van der Waals surface area contributed by atoms with Crippen molar-refractivity contribution in [2.24, 2.45) is 5.92 Å². The number of allylic oxidation sites excluding steroid dienone is 1. The number of carboxylic acid groups (broad SMARTS) is 1. The molecule has 3 aromatic rings. The van der Waals surface area contributed by atoms with Crippen LogP contribution < -0.4 is 15.4 Å². The van der Waals surface area contributed by atoms with Crippen LogP contribution in [0.15, 0.2) is 66.7 Å². The molecule has 2 aromatic carbocycles. The van der Waals surface area contributed by atoms with Crippen LogP contribution >= 0.6 is 0 Å². The molecule has 2 fully saturated rings. The minimum atomic E-state index is -1.52. The van der Waals surface area contributed by atoms with Crippen LogP contribution in [0.1, 0.15) is 64.9 Å². The van der Waals surface area contributed by atoms with Crippen LogP contribution in [-0.2, 0) is 23.9 Å². The first-order valence-corrected chi connectivity index (χ1v) is 17.4. The molecule has 3 aliphatic rings. The number of nitrogens with zero attached hydrogens (tertiary/aromatic N) is 2. The van der Waals surface area contributed by atoms with Crippen LogP contribution in [0, 0.1) is 12.8 Å². The molecule has 3 amide bonds. The molecule has 1 aliphatic carbocycles. The van der Waals surface area contributed by atoms with Gasteiger partial charge in [-0.25, -0.2) is 14.6 Å². The van der Waals surface area contributed by atoms with Crippen LogP contribution in [0.2, 0.25) is 0 Å². The number of fused-ring (bicyclic) bond motifs is 3. The lowest BCUT2D eigenvalue weighted by Crippen LogP contribution is -2.56. The van der Waals surface area contributed by atoms with Crippen LogP contribution in [0.4, 0.5) is 4.79 Å². The van der Waals surface area contributed by atoms with Crippen LogP contribution in [0.3, 0.4) is 0 Å². The average molecular weight is 697 g/mol. The summed E-state index contributed by atoms with van der Waals surface area (Å²) in [4.78, 5) is 72.9. The van der Waals surface area contributed by atoms with E-state index in [0.717, 1.165) is 22.0 Å². The molecule has 51 heavy (non-hydrogen) atoms. The van der Waals surface area contributed by atoms with Gasteiger partial charge in [-0.15, -0.1) is 0 Å². The lowest BCUT2D eigenvalue weighted by molar-refractivity contribution is -0.145. The van der Waals surface area contributed by atoms with E-state index in [4.69, 9.17) is 14.5 Å². The highest BCUT2D eigenvalue weighted by Gasteiger charge is 2.61. The Bertz CT molecular complexity index is 1890. The van der Waals surface area contributed by atoms with E-state index in [-0.39, 0.29) is 44.4 Å². The first-order chi connectivity index (χ1) is 24.2. The number of aromatic nitrogens is 1. The summed E-state index contributed by atoms with van der Waals surface area (Å²) in [7, 11) is 0. The zero-order valence-corrected chi connectivity index (χ0v) is 29.3. The largest absolute Gasteiger partial charge is 0.488 e. The average Bonchev–Trinajstić information content (AvgIpc) is 3.61. The number of Topliss-reactive ketones (excluding diaryl/α,β-unsaturated/α-hetero) is 1. The minimum absolute atomic E-state index is 0.00649. The molecule has 0 bridgehead atoms. The number of ketones is 1. The Kier molecular flexibility index (Phi) is 9.88. The Hall–Kier alpha value is -5.26. The van der Waals surface area contributed by atoms with Gasteiger partial charge in [0.1, 0.15) is 40.9 Å². The highest BCUT2D eigenvalue weighted by molar-refractivity contribution is 5.96. The van der Waals surface area contributed by atoms with Crippen LogP contribution in [-0.4, -0.2) is 80.5 Å². The molecule has 2 aliphatic heterocycles. The summed E-state index contributed by atoms with van der Waals surface area (Å²) in [5.74, 6) is -2.45. The molecule has 12 nitrogen and oxygen atoms in total. The van der Waals surface area contributed by atoms with Crippen molar-refractivity contribution in [2.75, 3.05) is 6.54 Å². The van der Waals surface area contributed by atoms with E-state index in [0.29, 0.717) is 17.9 Å². The zero-order valence-electron chi connectivity index (χ0n) is 29.3. The van der Waals surface area contributed by atoms with Crippen molar-refractivity contribution < 1.29 is 38.6 Å². The summed E-state index contributed by atoms with van der Waals surface area (Å²) in [6.45, 7) is 7.03. The fraction of sp³-hybridized carbons (Fsp3) is 0.436.